The highest BCUT2D eigenvalue weighted by Gasteiger charge is 2.04. The van der Waals surface area contributed by atoms with Crippen LogP contribution in [-0.2, 0) is 6.42 Å². The number of aliphatic hydroxyl groups is 1. The molecule has 0 bridgehead atoms. The van der Waals surface area contributed by atoms with Gasteiger partial charge in [0.25, 0.3) is 5.91 Å². The molecule has 0 spiro atoms. The fourth-order valence-electron chi connectivity index (χ4n) is 1.91. The number of amides is 1. The van der Waals surface area contributed by atoms with Crippen molar-refractivity contribution in [2.24, 2.45) is 0 Å². The first kappa shape index (κ1) is 15.7. The van der Waals surface area contributed by atoms with Crippen molar-refractivity contribution in [3.8, 4) is 0 Å². The van der Waals surface area contributed by atoms with Gasteiger partial charge >= 0.3 is 0 Å². The zero-order valence-corrected chi connectivity index (χ0v) is 12.0. The number of rotatable bonds is 8. The minimum atomic E-state index is -0.297. The minimum absolute atomic E-state index is 0.0346. The Morgan fingerprint density at radius 3 is 2.53 bits per heavy atom. The van der Waals surface area contributed by atoms with E-state index in [2.05, 4.69) is 12.2 Å². The van der Waals surface area contributed by atoms with E-state index >= 15 is 0 Å². The molecule has 106 valence electrons. The van der Waals surface area contributed by atoms with Crippen molar-refractivity contribution in [1.29, 1.82) is 0 Å². The van der Waals surface area contributed by atoms with Crippen LogP contribution in [0.5, 0.6) is 0 Å². The lowest BCUT2D eigenvalue weighted by Gasteiger charge is -2.07. The van der Waals surface area contributed by atoms with Crippen molar-refractivity contribution >= 4 is 5.91 Å². The van der Waals surface area contributed by atoms with Crippen molar-refractivity contribution in [1.82, 2.24) is 5.32 Å². The van der Waals surface area contributed by atoms with Crippen molar-refractivity contribution in [2.45, 2.75) is 52.1 Å². The van der Waals surface area contributed by atoms with Crippen molar-refractivity contribution < 1.29 is 9.90 Å². The molecule has 0 aliphatic carbocycles. The number of unbranched alkanes of at least 4 members (excludes halogenated alkanes) is 1. The van der Waals surface area contributed by atoms with Crippen LogP contribution in [0, 0.1) is 0 Å². The van der Waals surface area contributed by atoms with Crippen LogP contribution in [0.1, 0.15) is 55.5 Å². The maximum absolute atomic E-state index is 11.8. The Balaban J connectivity index is 2.36. The summed E-state index contributed by atoms with van der Waals surface area (Å²) in [5.74, 6) is -0.0346. The molecule has 3 nitrogen and oxygen atoms in total. The van der Waals surface area contributed by atoms with E-state index in [1.807, 2.05) is 24.3 Å². The van der Waals surface area contributed by atoms with Crippen LogP contribution in [0.25, 0.3) is 0 Å². The zero-order chi connectivity index (χ0) is 14.1. The highest BCUT2D eigenvalue weighted by atomic mass is 16.3. The van der Waals surface area contributed by atoms with Crippen LogP contribution in [0.3, 0.4) is 0 Å². The van der Waals surface area contributed by atoms with E-state index in [0.717, 1.165) is 19.3 Å². The molecule has 3 heteroatoms. The largest absolute Gasteiger partial charge is 0.393 e. The van der Waals surface area contributed by atoms with Gasteiger partial charge in [0.05, 0.1) is 6.10 Å². The number of nitrogens with one attached hydrogen (secondary N) is 1. The summed E-state index contributed by atoms with van der Waals surface area (Å²) in [6, 6.07) is 7.82. The SMILES string of the molecule is CCCCc1ccc(C(=O)NCCCC(C)O)cc1. The lowest BCUT2D eigenvalue weighted by Crippen LogP contribution is -2.25. The molecule has 0 saturated heterocycles. The molecule has 1 unspecified atom stereocenters. The van der Waals surface area contributed by atoms with E-state index in [4.69, 9.17) is 5.11 Å². The smallest absolute Gasteiger partial charge is 0.251 e. The van der Waals surface area contributed by atoms with Crippen LogP contribution in [0.2, 0.25) is 0 Å². The zero-order valence-electron chi connectivity index (χ0n) is 12.0. The second-order valence-electron chi connectivity index (χ2n) is 5.05. The maximum atomic E-state index is 11.8. The topological polar surface area (TPSA) is 49.3 Å². The summed E-state index contributed by atoms with van der Waals surface area (Å²) in [5, 5.41) is 12.0. The van der Waals surface area contributed by atoms with Gasteiger partial charge in [-0.3, -0.25) is 4.79 Å². The Morgan fingerprint density at radius 1 is 1.26 bits per heavy atom. The first-order valence-electron chi connectivity index (χ1n) is 7.18. The second kappa shape index (κ2) is 8.70. The standard InChI is InChI=1S/C16H25NO2/c1-3-4-7-14-8-10-15(11-9-14)16(19)17-12-5-6-13(2)18/h8-11,13,18H,3-7,12H2,1-2H3,(H,17,19). The molecular formula is C16H25NO2. The van der Waals surface area contributed by atoms with E-state index in [1.54, 1.807) is 6.92 Å². The predicted molar refractivity (Wildman–Crippen MR) is 78.3 cm³/mol. The summed E-state index contributed by atoms with van der Waals surface area (Å²) in [6.45, 7) is 4.55. The van der Waals surface area contributed by atoms with Gasteiger partial charge in [-0.25, -0.2) is 0 Å². The van der Waals surface area contributed by atoms with E-state index in [1.165, 1.54) is 18.4 Å². The molecule has 1 amide bonds. The van der Waals surface area contributed by atoms with Gasteiger partial charge in [0.15, 0.2) is 0 Å². The third-order valence-corrected chi connectivity index (χ3v) is 3.12. The lowest BCUT2D eigenvalue weighted by molar-refractivity contribution is 0.0949. The molecule has 0 aromatic heterocycles. The molecule has 0 fully saturated rings. The maximum Gasteiger partial charge on any atom is 0.251 e. The summed E-state index contributed by atoms with van der Waals surface area (Å²) < 4.78 is 0. The van der Waals surface area contributed by atoms with Gasteiger partial charge in [-0.2, -0.15) is 0 Å². The minimum Gasteiger partial charge on any atom is -0.393 e. The van der Waals surface area contributed by atoms with E-state index in [-0.39, 0.29) is 12.0 Å². The Hall–Kier alpha value is -1.35. The third kappa shape index (κ3) is 6.39. The molecule has 1 rings (SSSR count). The average molecular weight is 263 g/mol. The fraction of sp³-hybridized carbons (Fsp3) is 0.562. The number of carbonyl (C=O) groups excluding carboxylic acids is 1. The summed E-state index contributed by atoms with van der Waals surface area (Å²) >= 11 is 0. The molecule has 0 heterocycles. The quantitative estimate of drug-likeness (QED) is 0.708. The van der Waals surface area contributed by atoms with E-state index in [0.29, 0.717) is 12.1 Å². The number of aryl methyl sites for hydroxylation is 1. The lowest BCUT2D eigenvalue weighted by atomic mass is 10.1. The van der Waals surface area contributed by atoms with Gasteiger partial charge in [-0.05, 0) is 50.3 Å². The van der Waals surface area contributed by atoms with Crippen LogP contribution >= 0.6 is 0 Å². The Kier molecular flexibility index (Phi) is 7.19. The van der Waals surface area contributed by atoms with Gasteiger partial charge in [0.1, 0.15) is 0 Å². The molecular weight excluding hydrogens is 238 g/mol. The molecule has 0 radical (unpaired) electrons. The van der Waals surface area contributed by atoms with E-state index in [9.17, 15) is 4.79 Å². The number of aliphatic hydroxyl groups excluding tert-OH is 1. The Bertz CT molecular complexity index is 371. The van der Waals surface area contributed by atoms with Crippen LogP contribution in [-0.4, -0.2) is 23.7 Å². The first-order valence-corrected chi connectivity index (χ1v) is 7.18. The Labute approximate surface area is 116 Å². The third-order valence-electron chi connectivity index (χ3n) is 3.12. The van der Waals surface area contributed by atoms with Gasteiger partial charge in [-0.15, -0.1) is 0 Å². The summed E-state index contributed by atoms with van der Waals surface area (Å²) in [4.78, 5) is 11.8. The van der Waals surface area contributed by atoms with Crippen molar-refractivity contribution in [3.05, 3.63) is 35.4 Å². The van der Waals surface area contributed by atoms with Crippen LogP contribution < -0.4 is 5.32 Å². The Morgan fingerprint density at radius 2 is 1.95 bits per heavy atom. The van der Waals surface area contributed by atoms with Gasteiger partial charge in [0, 0.05) is 12.1 Å². The second-order valence-corrected chi connectivity index (χ2v) is 5.05. The van der Waals surface area contributed by atoms with Gasteiger partial charge in [0.2, 0.25) is 0 Å². The molecule has 0 aliphatic heterocycles. The van der Waals surface area contributed by atoms with Crippen molar-refractivity contribution in [3.63, 3.8) is 0 Å². The van der Waals surface area contributed by atoms with Crippen LogP contribution in [0.4, 0.5) is 0 Å². The summed E-state index contributed by atoms with van der Waals surface area (Å²) in [7, 11) is 0. The van der Waals surface area contributed by atoms with Gasteiger partial charge < -0.3 is 10.4 Å². The highest BCUT2D eigenvalue weighted by Crippen LogP contribution is 2.08. The number of benzene rings is 1. The number of hydrogen-bond donors (Lipinski definition) is 2. The molecule has 1 atom stereocenters. The van der Waals surface area contributed by atoms with Crippen LogP contribution in [0.15, 0.2) is 24.3 Å². The predicted octanol–water partition coefficient (Wildman–Crippen LogP) is 2.92. The van der Waals surface area contributed by atoms with E-state index < -0.39 is 0 Å². The summed E-state index contributed by atoms with van der Waals surface area (Å²) in [5.41, 5.74) is 1.99. The molecule has 1 aromatic rings. The average Bonchev–Trinajstić information content (AvgIpc) is 2.41. The molecule has 2 N–H and O–H groups in total. The van der Waals surface area contributed by atoms with Gasteiger partial charge in [-0.1, -0.05) is 25.5 Å². The first-order chi connectivity index (χ1) is 9.13. The molecule has 1 aromatic carbocycles. The fourth-order valence-corrected chi connectivity index (χ4v) is 1.91. The normalized spacial score (nSPS) is 12.2. The number of hydrogen-bond acceptors (Lipinski definition) is 2. The molecule has 19 heavy (non-hydrogen) atoms. The molecule has 0 saturated carbocycles. The van der Waals surface area contributed by atoms with Crippen molar-refractivity contribution in [2.75, 3.05) is 6.54 Å². The summed E-state index contributed by atoms with van der Waals surface area (Å²) in [6.07, 6.45) is 4.67. The highest BCUT2D eigenvalue weighted by molar-refractivity contribution is 5.94. The number of carbonyl (C=O) groups is 1. The monoisotopic (exact) mass is 263 g/mol. The molecule has 0 aliphatic rings.